The first-order valence-electron chi connectivity index (χ1n) is 9.37. The highest BCUT2D eigenvalue weighted by molar-refractivity contribution is 7.20. The lowest BCUT2D eigenvalue weighted by Crippen LogP contribution is -2.44. The van der Waals surface area contributed by atoms with E-state index in [-0.39, 0.29) is 5.91 Å². The first-order chi connectivity index (χ1) is 13.4. The average Bonchev–Trinajstić information content (AvgIpc) is 3.00. The molecule has 0 aromatic carbocycles. The maximum absolute atomic E-state index is 12.8. The van der Waals surface area contributed by atoms with Crippen LogP contribution in [-0.4, -0.2) is 59.0 Å². The zero-order chi connectivity index (χ0) is 19.8. The number of fused-ring (bicyclic) bond motifs is 1. The van der Waals surface area contributed by atoms with E-state index >= 15 is 0 Å². The van der Waals surface area contributed by atoms with Crippen LogP contribution in [-0.2, 0) is 0 Å². The first-order valence-corrected chi connectivity index (χ1v) is 10.2. The Morgan fingerprint density at radius 3 is 2.54 bits per heavy atom. The third-order valence-corrected chi connectivity index (χ3v) is 6.33. The molecule has 1 fully saturated rings. The molecule has 0 unspecified atom stereocenters. The van der Waals surface area contributed by atoms with Gasteiger partial charge in [-0.15, -0.1) is 11.3 Å². The molecule has 4 heterocycles. The predicted molar refractivity (Wildman–Crippen MR) is 114 cm³/mol. The lowest BCUT2D eigenvalue weighted by molar-refractivity contribution is 0.102. The minimum Gasteiger partial charge on any atom is -0.368 e. The number of amides is 1. The highest BCUT2D eigenvalue weighted by Crippen LogP contribution is 2.31. The SMILES string of the molecule is Cc1nc(C)c2c(C)c(C(=O)Nc3ccc(N4CCN(C)CC4)cn3)sc2n1. The van der Waals surface area contributed by atoms with Crippen molar-refractivity contribution in [2.24, 2.45) is 0 Å². The van der Waals surface area contributed by atoms with Gasteiger partial charge < -0.3 is 15.1 Å². The summed E-state index contributed by atoms with van der Waals surface area (Å²) < 4.78 is 0. The number of carbonyl (C=O) groups is 1. The van der Waals surface area contributed by atoms with E-state index in [2.05, 4.69) is 37.1 Å². The van der Waals surface area contributed by atoms with Gasteiger partial charge in [0.05, 0.1) is 16.8 Å². The number of hydrogen-bond donors (Lipinski definition) is 1. The number of aromatic nitrogens is 3. The van der Waals surface area contributed by atoms with Gasteiger partial charge in [-0.3, -0.25) is 4.79 Å². The van der Waals surface area contributed by atoms with E-state index in [1.807, 2.05) is 39.1 Å². The summed E-state index contributed by atoms with van der Waals surface area (Å²) in [5.41, 5.74) is 2.92. The van der Waals surface area contributed by atoms with Crippen molar-refractivity contribution in [3.8, 4) is 0 Å². The third-order valence-electron chi connectivity index (χ3n) is 5.15. The summed E-state index contributed by atoms with van der Waals surface area (Å²) in [5.74, 6) is 1.12. The van der Waals surface area contributed by atoms with Crippen LogP contribution in [0.25, 0.3) is 10.2 Å². The van der Waals surface area contributed by atoms with Gasteiger partial charge in [0.15, 0.2) is 0 Å². The Bertz CT molecular complexity index is 1020. The highest BCUT2D eigenvalue weighted by Gasteiger charge is 2.19. The lowest BCUT2D eigenvalue weighted by atomic mass is 10.1. The van der Waals surface area contributed by atoms with Crippen LogP contribution in [0.5, 0.6) is 0 Å². The van der Waals surface area contributed by atoms with E-state index in [0.29, 0.717) is 10.7 Å². The second-order valence-corrected chi connectivity index (χ2v) is 8.24. The van der Waals surface area contributed by atoms with Crippen LogP contribution in [0.1, 0.15) is 26.8 Å². The van der Waals surface area contributed by atoms with Gasteiger partial charge in [0.2, 0.25) is 0 Å². The summed E-state index contributed by atoms with van der Waals surface area (Å²) in [5, 5.41) is 3.89. The monoisotopic (exact) mass is 396 g/mol. The number of pyridine rings is 1. The molecule has 0 atom stereocenters. The minimum absolute atomic E-state index is 0.155. The Balaban J connectivity index is 1.52. The molecule has 0 radical (unpaired) electrons. The Morgan fingerprint density at radius 2 is 1.86 bits per heavy atom. The second kappa shape index (κ2) is 7.44. The molecule has 0 spiro atoms. The van der Waals surface area contributed by atoms with Crippen LogP contribution in [0.15, 0.2) is 18.3 Å². The molecule has 7 nitrogen and oxygen atoms in total. The van der Waals surface area contributed by atoms with Gasteiger partial charge in [0.1, 0.15) is 16.5 Å². The fraction of sp³-hybridized carbons (Fsp3) is 0.400. The number of hydrogen-bond acceptors (Lipinski definition) is 7. The molecule has 0 aliphatic carbocycles. The predicted octanol–water partition coefficient (Wildman–Crippen LogP) is 3.02. The highest BCUT2D eigenvalue weighted by atomic mass is 32.1. The van der Waals surface area contributed by atoms with E-state index in [0.717, 1.165) is 59.2 Å². The molecule has 28 heavy (non-hydrogen) atoms. The van der Waals surface area contributed by atoms with Gasteiger partial charge in [0, 0.05) is 37.3 Å². The normalized spacial score (nSPS) is 15.2. The van der Waals surface area contributed by atoms with Crippen molar-refractivity contribution in [2.75, 3.05) is 43.4 Å². The number of carbonyl (C=O) groups excluding carboxylic acids is 1. The molecule has 146 valence electrons. The number of thiophene rings is 1. The number of likely N-dealkylation sites (N-methyl/N-ethyl adjacent to an activating group) is 1. The molecule has 1 saturated heterocycles. The van der Waals surface area contributed by atoms with Crippen molar-refractivity contribution < 1.29 is 4.79 Å². The zero-order valence-electron chi connectivity index (χ0n) is 16.6. The molecular formula is C20H24N6OS. The van der Waals surface area contributed by atoms with Crippen molar-refractivity contribution >= 4 is 39.0 Å². The van der Waals surface area contributed by atoms with Crippen LogP contribution in [0.4, 0.5) is 11.5 Å². The maximum atomic E-state index is 12.8. The van der Waals surface area contributed by atoms with Crippen molar-refractivity contribution in [1.82, 2.24) is 19.9 Å². The summed E-state index contributed by atoms with van der Waals surface area (Å²) in [6.45, 7) is 9.85. The summed E-state index contributed by atoms with van der Waals surface area (Å²) in [6.07, 6.45) is 1.83. The Kier molecular flexibility index (Phi) is 4.99. The van der Waals surface area contributed by atoms with E-state index in [9.17, 15) is 4.79 Å². The van der Waals surface area contributed by atoms with Crippen molar-refractivity contribution in [3.63, 3.8) is 0 Å². The smallest absolute Gasteiger partial charge is 0.267 e. The topological polar surface area (TPSA) is 74.2 Å². The first kappa shape index (κ1) is 18.8. The average molecular weight is 397 g/mol. The summed E-state index contributed by atoms with van der Waals surface area (Å²) in [4.78, 5) is 32.3. The molecule has 3 aromatic heterocycles. The van der Waals surface area contributed by atoms with E-state index < -0.39 is 0 Å². The minimum atomic E-state index is -0.155. The summed E-state index contributed by atoms with van der Waals surface area (Å²) >= 11 is 1.40. The number of piperazine rings is 1. The standard InChI is InChI=1S/C20H24N6OS/c1-12-17-13(2)22-14(3)23-20(17)28-18(12)19(27)24-16-6-5-15(11-21-16)26-9-7-25(4)8-10-26/h5-6,11H,7-10H2,1-4H3,(H,21,24,27). The number of rotatable bonds is 3. The van der Waals surface area contributed by atoms with E-state index in [4.69, 9.17) is 0 Å². The molecule has 1 aliphatic heterocycles. The fourth-order valence-corrected chi connectivity index (χ4v) is 4.75. The second-order valence-electron chi connectivity index (χ2n) is 7.24. The molecular weight excluding hydrogens is 372 g/mol. The van der Waals surface area contributed by atoms with Gasteiger partial charge in [-0.05, 0) is 45.5 Å². The van der Waals surface area contributed by atoms with Gasteiger partial charge in [-0.2, -0.15) is 0 Å². The van der Waals surface area contributed by atoms with Crippen molar-refractivity contribution in [3.05, 3.63) is 40.3 Å². The Morgan fingerprint density at radius 1 is 1.11 bits per heavy atom. The van der Waals surface area contributed by atoms with Gasteiger partial charge in [-0.1, -0.05) is 0 Å². The molecule has 8 heteroatoms. The molecule has 0 saturated carbocycles. The van der Waals surface area contributed by atoms with E-state index in [1.54, 1.807) is 0 Å². The molecule has 0 bridgehead atoms. The van der Waals surface area contributed by atoms with Crippen LogP contribution in [0.2, 0.25) is 0 Å². The van der Waals surface area contributed by atoms with Crippen LogP contribution in [0, 0.1) is 20.8 Å². The number of nitrogens with zero attached hydrogens (tertiary/aromatic N) is 5. The van der Waals surface area contributed by atoms with Gasteiger partial charge in [-0.25, -0.2) is 15.0 Å². The van der Waals surface area contributed by atoms with Crippen LogP contribution in [0.3, 0.4) is 0 Å². The van der Waals surface area contributed by atoms with E-state index in [1.165, 1.54) is 11.3 Å². The molecule has 1 N–H and O–H groups in total. The molecule has 4 rings (SSSR count). The number of anilines is 2. The zero-order valence-corrected chi connectivity index (χ0v) is 17.4. The quantitative estimate of drug-likeness (QED) is 0.734. The summed E-state index contributed by atoms with van der Waals surface area (Å²) in [6, 6.07) is 3.88. The maximum Gasteiger partial charge on any atom is 0.267 e. The number of aryl methyl sites for hydroxylation is 3. The largest absolute Gasteiger partial charge is 0.368 e. The van der Waals surface area contributed by atoms with Gasteiger partial charge in [0.25, 0.3) is 5.91 Å². The Labute approximate surface area is 168 Å². The molecule has 3 aromatic rings. The van der Waals surface area contributed by atoms with Crippen LogP contribution < -0.4 is 10.2 Å². The third kappa shape index (κ3) is 3.57. The Hall–Kier alpha value is -2.58. The van der Waals surface area contributed by atoms with Gasteiger partial charge >= 0.3 is 0 Å². The van der Waals surface area contributed by atoms with Crippen molar-refractivity contribution in [1.29, 1.82) is 0 Å². The lowest BCUT2D eigenvalue weighted by Gasteiger charge is -2.33. The molecule has 1 amide bonds. The van der Waals surface area contributed by atoms with Crippen LogP contribution >= 0.6 is 11.3 Å². The number of nitrogens with one attached hydrogen (secondary N) is 1. The summed E-state index contributed by atoms with van der Waals surface area (Å²) in [7, 11) is 2.14. The fourth-order valence-electron chi connectivity index (χ4n) is 3.58. The van der Waals surface area contributed by atoms with Crippen molar-refractivity contribution in [2.45, 2.75) is 20.8 Å². The molecule has 1 aliphatic rings.